The number of nitrogen functional groups attached to an aromatic ring is 1. The van der Waals surface area contributed by atoms with Crippen LogP contribution in [-0.4, -0.2) is 14.9 Å². The van der Waals surface area contributed by atoms with E-state index in [2.05, 4.69) is 9.97 Å². The van der Waals surface area contributed by atoms with Gasteiger partial charge in [-0.3, -0.25) is 10.1 Å². The van der Waals surface area contributed by atoms with E-state index < -0.39 is 4.92 Å². The number of hydrogen-bond donors (Lipinski definition) is 1. The van der Waals surface area contributed by atoms with Crippen LogP contribution >= 0.6 is 11.6 Å². The van der Waals surface area contributed by atoms with Crippen LogP contribution < -0.4 is 5.73 Å². The summed E-state index contributed by atoms with van der Waals surface area (Å²) >= 11 is 5.58. The van der Waals surface area contributed by atoms with E-state index in [0.29, 0.717) is 5.52 Å². The first-order valence-corrected chi connectivity index (χ1v) is 4.33. The molecule has 1 aromatic heterocycles. The average molecular weight is 225 g/mol. The number of aromatic nitrogens is 2. The Bertz CT molecular complexity index is 558. The lowest BCUT2D eigenvalue weighted by Gasteiger charge is -2.01. The third kappa shape index (κ3) is 1.55. The third-order valence-electron chi connectivity index (χ3n) is 1.90. The Morgan fingerprint density at radius 2 is 2.13 bits per heavy atom. The number of halogens is 1. The molecule has 0 saturated heterocycles. The lowest BCUT2D eigenvalue weighted by atomic mass is 10.2. The normalized spacial score (nSPS) is 10.5. The first-order chi connectivity index (χ1) is 7.09. The second-order valence-electron chi connectivity index (χ2n) is 2.81. The predicted octanol–water partition coefficient (Wildman–Crippen LogP) is 1.77. The zero-order chi connectivity index (χ0) is 11.0. The van der Waals surface area contributed by atoms with Gasteiger partial charge in [0.25, 0.3) is 5.69 Å². The Kier molecular flexibility index (Phi) is 2.12. The predicted molar refractivity (Wildman–Crippen MR) is 55.6 cm³/mol. The largest absolute Gasteiger partial charge is 0.383 e. The highest BCUT2D eigenvalue weighted by molar-refractivity contribution is 6.28. The molecule has 0 aliphatic carbocycles. The van der Waals surface area contributed by atoms with E-state index in [1.165, 1.54) is 12.1 Å². The molecule has 0 aliphatic rings. The third-order valence-corrected chi connectivity index (χ3v) is 2.07. The molecule has 0 aliphatic heterocycles. The highest BCUT2D eigenvalue weighted by atomic mass is 35.5. The van der Waals surface area contributed by atoms with Crippen LogP contribution in [0, 0.1) is 10.1 Å². The number of nitro benzene ring substituents is 1. The molecule has 0 atom stereocenters. The van der Waals surface area contributed by atoms with E-state index in [9.17, 15) is 10.1 Å². The quantitative estimate of drug-likeness (QED) is 0.453. The van der Waals surface area contributed by atoms with Crippen LogP contribution in [0.1, 0.15) is 0 Å². The van der Waals surface area contributed by atoms with Gasteiger partial charge in [-0.1, -0.05) is 6.07 Å². The molecular weight excluding hydrogens is 220 g/mol. The van der Waals surface area contributed by atoms with Gasteiger partial charge in [0.05, 0.1) is 10.4 Å². The minimum absolute atomic E-state index is 0.0114. The summed E-state index contributed by atoms with van der Waals surface area (Å²) in [5, 5.41) is 10.9. The van der Waals surface area contributed by atoms with E-state index in [1.54, 1.807) is 6.07 Å². The number of fused-ring (bicyclic) bond motifs is 1. The molecule has 1 heterocycles. The highest BCUT2D eigenvalue weighted by Crippen LogP contribution is 2.28. The van der Waals surface area contributed by atoms with Crippen LogP contribution in [0.2, 0.25) is 5.28 Å². The van der Waals surface area contributed by atoms with Crippen molar-refractivity contribution < 1.29 is 4.92 Å². The summed E-state index contributed by atoms with van der Waals surface area (Å²) in [6.07, 6.45) is 0. The van der Waals surface area contributed by atoms with Gasteiger partial charge >= 0.3 is 0 Å². The highest BCUT2D eigenvalue weighted by Gasteiger charge is 2.16. The molecule has 2 aromatic rings. The van der Waals surface area contributed by atoms with E-state index in [1.807, 2.05) is 0 Å². The summed E-state index contributed by atoms with van der Waals surface area (Å²) in [4.78, 5) is 17.7. The van der Waals surface area contributed by atoms with Crippen molar-refractivity contribution in [2.75, 3.05) is 5.73 Å². The first kappa shape index (κ1) is 9.60. The van der Waals surface area contributed by atoms with Crippen LogP contribution in [0.5, 0.6) is 0 Å². The van der Waals surface area contributed by atoms with Crippen molar-refractivity contribution in [3.8, 4) is 0 Å². The standard InChI is InChI=1S/C8H5ClN4O2/c9-8-11-4-2-1-3-5(13(14)15)6(4)7(10)12-8/h1-3H,(H2,10,11,12). The molecule has 0 unspecified atom stereocenters. The molecule has 15 heavy (non-hydrogen) atoms. The SMILES string of the molecule is Nc1nc(Cl)nc2cccc([N+](=O)[O-])c12. The van der Waals surface area contributed by atoms with E-state index >= 15 is 0 Å². The number of nitro groups is 1. The van der Waals surface area contributed by atoms with Crippen LogP contribution in [0.25, 0.3) is 10.9 Å². The maximum atomic E-state index is 10.7. The Morgan fingerprint density at radius 1 is 1.40 bits per heavy atom. The molecule has 2 N–H and O–H groups in total. The zero-order valence-corrected chi connectivity index (χ0v) is 8.10. The fraction of sp³-hybridized carbons (Fsp3) is 0. The van der Waals surface area contributed by atoms with Gasteiger partial charge in [0.1, 0.15) is 11.2 Å². The van der Waals surface area contributed by atoms with Crippen molar-refractivity contribution in [2.45, 2.75) is 0 Å². The number of hydrogen-bond acceptors (Lipinski definition) is 5. The number of anilines is 1. The summed E-state index contributed by atoms with van der Waals surface area (Å²) in [5.74, 6) is 0.0114. The summed E-state index contributed by atoms with van der Waals surface area (Å²) in [6.45, 7) is 0. The topological polar surface area (TPSA) is 94.9 Å². The van der Waals surface area contributed by atoms with E-state index in [-0.39, 0.29) is 22.2 Å². The Labute approximate surface area is 88.8 Å². The lowest BCUT2D eigenvalue weighted by molar-refractivity contribution is -0.383. The molecule has 1 aromatic carbocycles. The van der Waals surface area contributed by atoms with Crippen LogP contribution in [-0.2, 0) is 0 Å². The van der Waals surface area contributed by atoms with Gasteiger partial charge in [-0.15, -0.1) is 0 Å². The minimum Gasteiger partial charge on any atom is -0.383 e. The first-order valence-electron chi connectivity index (χ1n) is 3.95. The average Bonchev–Trinajstić information content (AvgIpc) is 2.16. The van der Waals surface area contributed by atoms with Crippen LogP contribution in [0.4, 0.5) is 11.5 Å². The van der Waals surface area contributed by atoms with Gasteiger partial charge in [0.15, 0.2) is 0 Å². The fourth-order valence-electron chi connectivity index (χ4n) is 1.32. The van der Waals surface area contributed by atoms with Crippen molar-refractivity contribution in [3.05, 3.63) is 33.6 Å². The lowest BCUT2D eigenvalue weighted by Crippen LogP contribution is -1.98. The van der Waals surface area contributed by atoms with Gasteiger partial charge in [0, 0.05) is 6.07 Å². The fourth-order valence-corrected chi connectivity index (χ4v) is 1.50. The monoisotopic (exact) mass is 224 g/mol. The van der Waals surface area contributed by atoms with Crippen molar-refractivity contribution >= 4 is 34.0 Å². The molecule has 0 radical (unpaired) electrons. The minimum atomic E-state index is -0.532. The smallest absolute Gasteiger partial charge is 0.282 e. The Balaban J connectivity index is 2.91. The van der Waals surface area contributed by atoms with Crippen molar-refractivity contribution in [1.29, 1.82) is 0 Å². The molecule has 2 rings (SSSR count). The molecule has 0 bridgehead atoms. The number of rotatable bonds is 1. The molecular formula is C8H5ClN4O2. The number of non-ortho nitro benzene ring substituents is 1. The maximum Gasteiger partial charge on any atom is 0.282 e. The van der Waals surface area contributed by atoms with Crippen molar-refractivity contribution in [3.63, 3.8) is 0 Å². The summed E-state index contributed by atoms with van der Waals surface area (Å²) in [6, 6.07) is 4.45. The van der Waals surface area contributed by atoms with Crippen molar-refractivity contribution in [1.82, 2.24) is 9.97 Å². The summed E-state index contributed by atoms with van der Waals surface area (Å²) in [5.41, 5.74) is 5.79. The molecule has 0 amide bonds. The Hall–Kier alpha value is -1.95. The number of nitrogens with two attached hydrogens (primary N) is 1. The van der Waals surface area contributed by atoms with Gasteiger partial charge in [0.2, 0.25) is 5.28 Å². The maximum absolute atomic E-state index is 10.7. The molecule has 0 fully saturated rings. The molecule has 0 spiro atoms. The van der Waals surface area contributed by atoms with Gasteiger partial charge in [-0.05, 0) is 17.7 Å². The van der Waals surface area contributed by atoms with Gasteiger partial charge in [-0.2, -0.15) is 0 Å². The number of nitrogens with zero attached hydrogens (tertiary/aromatic N) is 3. The summed E-state index contributed by atoms with van der Waals surface area (Å²) in [7, 11) is 0. The van der Waals surface area contributed by atoms with Gasteiger partial charge < -0.3 is 5.73 Å². The zero-order valence-electron chi connectivity index (χ0n) is 7.35. The van der Waals surface area contributed by atoms with E-state index in [4.69, 9.17) is 17.3 Å². The second kappa shape index (κ2) is 3.32. The van der Waals surface area contributed by atoms with Crippen molar-refractivity contribution in [2.24, 2.45) is 0 Å². The Morgan fingerprint density at radius 3 is 2.80 bits per heavy atom. The molecule has 6 nitrogen and oxygen atoms in total. The van der Waals surface area contributed by atoms with Gasteiger partial charge in [-0.25, -0.2) is 9.97 Å². The summed E-state index contributed by atoms with van der Waals surface area (Å²) < 4.78 is 0. The second-order valence-corrected chi connectivity index (χ2v) is 3.14. The molecule has 76 valence electrons. The number of benzene rings is 1. The van der Waals surface area contributed by atoms with Crippen LogP contribution in [0.15, 0.2) is 18.2 Å². The molecule has 0 saturated carbocycles. The van der Waals surface area contributed by atoms with Crippen LogP contribution in [0.3, 0.4) is 0 Å². The molecule has 7 heteroatoms. The van der Waals surface area contributed by atoms with E-state index in [0.717, 1.165) is 0 Å².